The Morgan fingerprint density at radius 2 is 1.82 bits per heavy atom. The maximum absolute atomic E-state index is 11.2. The lowest BCUT2D eigenvalue weighted by Gasteiger charge is -1.91. The average Bonchev–Trinajstić information content (AvgIpc) is 2.30. The summed E-state index contributed by atoms with van der Waals surface area (Å²) >= 11 is 6.13. The number of hydrogen-bond acceptors (Lipinski definition) is 3. The normalized spacial score (nSPS) is 15.3. The first-order chi connectivity index (χ1) is 5.29. The minimum absolute atomic E-state index is 0.0746. The van der Waals surface area contributed by atoms with Crippen LogP contribution in [0.5, 0.6) is 0 Å². The molecule has 0 radical (unpaired) electrons. The molecule has 11 heavy (non-hydrogen) atoms. The highest BCUT2D eigenvalue weighted by atomic mass is 32.2. The van der Waals surface area contributed by atoms with Gasteiger partial charge in [-0.25, -0.2) is 0 Å². The van der Waals surface area contributed by atoms with E-state index in [1.807, 2.05) is 24.3 Å². The minimum atomic E-state index is 0.0746. The number of benzene rings is 1. The molecule has 1 aliphatic heterocycles. The first-order valence-electron chi connectivity index (χ1n) is 3.14. The van der Waals surface area contributed by atoms with Crippen LogP contribution in [-0.2, 0) is 0 Å². The van der Waals surface area contributed by atoms with E-state index in [2.05, 4.69) is 0 Å². The van der Waals surface area contributed by atoms with Crippen LogP contribution >= 0.6 is 24.0 Å². The SMILES string of the molecule is O=C1SC(=S)c2ccccc21. The summed E-state index contributed by atoms with van der Waals surface area (Å²) in [5.41, 5.74) is 1.67. The summed E-state index contributed by atoms with van der Waals surface area (Å²) in [4.78, 5) is 11.2. The van der Waals surface area contributed by atoms with E-state index in [-0.39, 0.29) is 5.12 Å². The number of carbonyl (C=O) groups excluding carboxylic acids is 1. The molecule has 0 N–H and O–H groups in total. The molecular formula is C8H4OS2. The lowest BCUT2D eigenvalue weighted by atomic mass is 10.1. The second kappa shape index (κ2) is 2.43. The van der Waals surface area contributed by atoms with Gasteiger partial charge in [-0.3, -0.25) is 4.79 Å². The molecule has 1 aromatic carbocycles. The van der Waals surface area contributed by atoms with Gasteiger partial charge in [0.1, 0.15) is 0 Å². The predicted octanol–water partition coefficient (Wildman–Crippen LogP) is 2.25. The topological polar surface area (TPSA) is 17.1 Å². The van der Waals surface area contributed by atoms with Crippen molar-refractivity contribution in [3.8, 4) is 0 Å². The van der Waals surface area contributed by atoms with Crippen molar-refractivity contribution in [2.75, 3.05) is 0 Å². The van der Waals surface area contributed by atoms with E-state index in [9.17, 15) is 4.79 Å². The maximum Gasteiger partial charge on any atom is 0.225 e. The largest absolute Gasteiger partial charge is 0.281 e. The van der Waals surface area contributed by atoms with Crippen LogP contribution in [0.4, 0.5) is 0 Å². The number of thiocarbonyl (C=S) groups is 1. The van der Waals surface area contributed by atoms with Crippen LogP contribution in [0.1, 0.15) is 15.9 Å². The van der Waals surface area contributed by atoms with Crippen LogP contribution in [0.2, 0.25) is 0 Å². The van der Waals surface area contributed by atoms with Gasteiger partial charge in [0.15, 0.2) is 0 Å². The van der Waals surface area contributed by atoms with Crippen molar-refractivity contribution in [1.82, 2.24) is 0 Å². The highest BCUT2D eigenvalue weighted by molar-refractivity contribution is 8.34. The Kier molecular flexibility index (Phi) is 1.55. The molecule has 0 bridgehead atoms. The Hall–Kier alpha value is -0.670. The Morgan fingerprint density at radius 3 is 2.45 bits per heavy atom. The molecule has 1 aromatic rings. The highest BCUT2D eigenvalue weighted by Gasteiger charge is 2.23. The van der Waals surface area contributed by atoms with Gasteiger partial charge in [-0.1, -0.05) is 30.4 Å². The predicted molar refractivity (Wildman–Crippen MR) is 50.1 cm³/mol. The number of hydrogen-bond donors (Lipinski definition) is 0. The van der Waals surface area contributed by atoms with Crippen LogP contribution in [0, 0.1) is 0 Å². The molecule has 0 aliphatic carbocycles. The van der Waals surface area contributed by atoms with E-state index < -0.39 is 0 Å². The first kappa shape index (κ1) is 7.00. The quantitative estimate of drug-likeness (QED) is 0.570. The van der Waals surface area contributed by atoms with E-state index in [0.717, 1.165) is 22.9 Å². The van der Waals surface area contributed by atoms with E-state index in [4.69, 9.17) is 12.2 Å². The van der Waals surface area contributed by atoms with Crippen LogP contribution in [0.25, 0.3) is 0 Å². The molecule has 0 amide bonds. The maximum atomic E-state index is 11.2. The molecule has 0 saturated carbocycles. The van der Waals surface area contributed by atoms with Gasteiger partial charge in [-0.2, -0.15) is 0 Å². The third kappa shape index (κ3) is 1.01. The van der Waals surface area contributed by atoms with Gasteiger partial charge in [0.05, 0.1) is 4.20 Å². The van der Waals surface area contributed by atoms with E-state index in [1.165, 1.54) is 0 Å². The summed E-state index contributed by atoms with van der Waals surface area (Å²) in [5.74, 6) is 0. The molecule has 1 nitrogen and oxygen atoms in total. The summed E-state index contributed by atoms with van der Waals surface area (Å²) in [6.45, 7) is 0. The minimum Gasteiger partial charge on any atom is -0.281 e. The molecule has 0 unspecified atom stereocenters. The third-order valence-corrected chi connectivity index (χ3v) is 2.83. The fraction of sp³-hybridized carbons (Fsp3) is 0. The Bertz CT molecular complexity index is 311. The molecule has 1 heterocycles. The smallest absolute Gasteiger partial charge is 0.225 e. The van der Waals surface area contributed by atoms with Crippen molar-refractivity contribution in [2.24, 2.45) is 0 Å². The first-order valence-corrected chi connectivity index (χ1v) is 4.37. The van der Waals surface area contributed by atoms with Gasteiger partial charge >= 0.3 is 0 Å². The van der Waals surface area contributed by atoms with Crippen molar-refractivity contribution in [3.05, 3.63) is 35.4 Å². The standard InChI is InChI=1S/C8H4OS2/c9-7-5-3-1-2-4-6(5)8(10)11-7/h1-4H. The highest BCUT2D eigenvalue weighted by Crippen LogP contribution is 2.29. The van der Waals surface area contributed by atoms with Crippen LogP contribution in [0.3, 0.4) is 0 Å². The van der Waals surface area contributed by atoms with E-state index >= 15 is 0 Å². The zero-order valence-corrected chi connectivity index (χ0v) is 7.17. The van der Waals surface area contributed by atoms with Crippen molar-refractivity contribution >= 4 is 33.3 Å². The second-order valence-electron chi connectivity index (χ2n) is 2.22. The Morgan fingerprint density at radius 1 is 1.18 bits per heavy atom. The van der Waals surface area contributed by atoms with Crippen LogP contribution in [-0.4, -0.2) is 9.31 Å². The van der Waals surface area contributed by atoms with Gasteiger partial charge in [-0.05, 0) is 17.8 Å². The van der Waals surface area contributed by atoms with E-state index in [0.29, 0.717) is 4.20 Å². The zero-order chi connectivity index (χ0) is 7.84. The fourth-order valence-electron chi connectivity index (χ4n) is 1.03. The lowest BCUT2D eigenvalue weighted by Crippen LogP contribution is -1.87. The molecule has 54 valence electrons. The van der Waals surface area contributed by atoms with Crippen molar-refractivity contribution < 1.29 is 4.79 Å². The molecule has 3 heteroatoms. The molecular weight excluding hydrogens is 176 g/mol. The number of thioether (sulfide) groups is 1. The third-order valence-electron chi connectivity index (χ3n) is 1.55. The van der Waals surface area contributed by atoms with Gasteiger partial charge < -0.3 is 0 Å². The Labute approximate surface area is 73.8 Å². The van der Waals surface area contributed by atoms with Crippen LogP contribution < -0.4 is 0 Å². The molecule has 0 saturated heterocycles. The summed E-state index contributed by atoms with van der Waals surface area (Å²) in [6, 6.07) is 7.44. The van der Waals surface area contributed by atoms with Crippen molar-refractivity contribution in [1.29, 1.82) is 0 Å². The molecule has 0 fully saturated rings. The summed E-state index contributed by atoms with van der Waals surface area (Å²) in [7, 11) is 0. The molecule has 0 atom stereocenters. The fourth-order valence-corrected chi connectivity index (χ4v) is 2.18. The zero-order valence-electron chi connectivity index (χ0n) is 5.53. The van der Waals surface area contributed by atoms with Crippen molar-refractivity contribution in [2.45, 2.75) is 0 Å². The van der Waals surface area contributed by atoms with Gasteiger partial charge in [0, 0.05) is 11.1 Å². The summed E-state index contributed by atoms with van der Waals surface area (Å²) in [5, 5.41) is 0.0746. The van der Waals surface area contributed by atoms with Gasteiger partial charge in [0.2, 0.25) is 5.12 Å². The average molecular weight is 180 g/mol. The molecule has 1 aliphatic rings. The number of fused-ring (bicyclic) bond motifs is 1. The summed E-state index contributed by atoms with van der Waals surface area (Å²) < 4.78 is 0.700. The molecule has 0 aromatic heterocycles. The lowest BCUT2D eigenvalue weighted by molar-refractivity contribution is 0.109. The van der Waals surface area contributed by atoms with Gasteiger partial charge in [-0.15, -0.1) is 0 Å². The monoisotopic (exact) mass is 180 g/mol. The second-order valence-corrected chi connectivity index (χ2v) is 3.87. The number of carbonyl (C=O) groups is 1. The number of rotatable bonds is 0. The van der Waals surface area contributed by atoms with Gasteiger partial charge in [0.25, 0.3) is 0 Å². The Balaban J connectivity index is 2.69. The summed E-state index contributed by atoms with van der Waals surface area (Å²) in [6.07, 6.45) is 0. The molecule has 0 spiro atoms. The molecule has 2 rings (SSSR count). The van der Waals surface area contributed by atoms with Crippen molar-refractivity contribution in [3.63, 3.8) is 0 Å². The van der Waals surface area contributed by atoms with E-state index in [1.54, 1.807) is 0 Å². The van der Waals surface area contributed by atoms with Crippen LogP contribution in [0.15, 0.2) is 24.3 Å².